The van der Waals surface area contributed by atoms with Gasteiger partial charge in [0.15, 0.2) is 16.4 Å². The molecule has 0 spiro atoms. The van der Waals surface area contributed by atoms with Crippen LogP contribution in [0.3, 0.4) is 0 Å². The molecule has 1 aromatic heterocycles. The van der Waals surface area contributed by atoms with E-state index in [9.17, 15) is 27.2 Å². The van der Waals surface area contributed by atoms with Crippen molar-refractivity contribution in [3.63, 3.8) is 0 Å². The number of rotatable bonds is 10. The van der Waals surface area contributed by atoms with Crippen LogP contribution in [0.4, 0.5) is 10.1 Å². The quantitative estimate of drug-likeness (QED) is 0.433. The van der Waals surface area contributed by atoms with Gasteiger partial charge in [0.2, 0.25) is 11.7 Å². The Morgan fingerprint density at radius 3 is 2.32 bits per heavy atom. The Kier molecular flexibility index (Phi) is 7.79. The average molecular weight is 488 g/mol. The Morgan fingerprint density at radius 1 is 1.00 bits per heavy atom. The van der Waals surface area contributed by atoms with Gasteiger partial charge in [-0.05, 0) is 42.5 Å². The Balaban J connectivity index is 1.70. The minimum atomic E-state index is -3.76. The van der Waals surface area contributed by atoms with Crippen LogP contribution in [-0.4, -0.2) is 39.4 Å². The molecule has 3 aromatic rings. The van der Waals surface area contributed by atoms with Crippen LogP contribution < -0.4 is 10.6 Å². The number of nitrogens with zero attached hydrogens (tertiary/aromatic N) is 1. The van der Waals surface area contributed by atoms with Crippen molar-refractivity contribution in [1.82, 2.24) is 0 Å². The summed E-state index contributed by atoms with van der Waals surface area (Å²) in [5, 5.41) is 0. The maximum Gasteiger partial charge on any atom is 0.375 e. The van der Waals surface area contributed by atoms with Gasteiger partial charge < -0.3 is 19.8 Å². The van der Waals surface area contributed by atoms with E-state index in [0.717, 1.165) is 23.3 Å². The SMILES string of the molecule is NC(=O)CCN(C(=O)COC(=O)c1occc1CS(=O)(=O)c1ccccc1)c1ccc(F)cc1. The van der Waals surface area contributed by atoms with Gasteiger partial charge in [0.1, 0.15) is 5.82 Å². The lowest BCUT2D eigenvalue weighted by atomic mass is 10.2. The van der Waals surface area contributed by atoms with Crippen LogP contribution in [0, 0.1) is 5.82 Å². The van der Waals surface area contributed by atoms with E-state index in [4.69, 9.17) is 14.9 Å². The van der Waals surface area contributed by atoms with Crippen LogP contribution in [0.15, 0.2) is 76.2 Å². The largest absolute Gasteiger partial charge is 0.457 e. The standard InChI is InChI=1S/C23H21FN2O7S/c24-17-6-8-18(9-7-17)26(12-10-20(25)27)21(28)14-33-23(29)22-16(11-13-32-22)15-34(30,31)19-4-2-1-3-5-19/h1-9,11,13H,10,12,14-15H2,(H2,25,27). The second kappa shape index (κ2) is 10.8. The zero-order valence-corrected chi connectivity index (χ0v) is 18.7. The second-order valence-electron chi connectivity index (χ2n) is 7.16. The number of esters is 1. The van der Waals surface area contributed by atoms with Crippen molar-refractivity contribution in [2.45, 2.75) is 17.1 Å². The maximum absolute atomic E-state index is 13.2. The lowest BCUT2D eigenvalue weighted by molar-refractivity contribution is -0.122. The predicted molar refractivity (Wildman–Crippen MR) is 119 cm³/mol. The van der Waals surface area contributed by atoms with E-state index in [1.165, 1.54) is 30.3 Å². The van der Waals surface area contributed by atoms with E-state index < -0.39 is 45.8 Å². The molecule has 2 N–H and O–H groups in total. The summed E-state index contributed by atoms with van der Waals surface area (Å²) in [6.07, 6.45) is 0.975. The second-order valence-corrected chi connectivity index (χ2v) is 9.15. The number of primary amides is 1. The molecule has 0 fully saturated rings. The molecule has 1 heterocycles. The minimum Gasteiger partial charge on any atom is -0.457 e. The molecule has 2 amide bonds. The van der Waals surface area contributed by atoms with Crippen LogP contribution in [0.2, 0.25) is 0 Å². The van der Waals surface area contributed by atoms with E-state index in [-0.39, 0.29) is 34.9 Å². The zero-order chi connectivity index (χ0) is 24.7. The molecule has 0 radical (unpaired) electrons. The predicted octanol–water partition coefficient (Wildman–Crippen LogP) is 2.46. The highest BCUT2D eigenvalue weighted by Gasteiger charge is 2.25. The molecule has 34 heavy (non-hydrogen) atoms. The first-order valence-corrected chi connectivity index (χ1v) is 11.7. The molecule has 9 nitrogen and oxygen atoms in total. The zero-order valence-electron chi connectivity index (χ0n) is 17.8. The molecule has 2 aromatic carbocycles. The van der Waals surface area contributed by atoms with Crippen LogP contribution in [0.25, 0.3) is 0 Å². The van der Waals surface area contributed by atoms with Gasteiger partial charge in [-0.2, -0.15) is 0 Å². The first kappa shape index (κ1) is 24.6. The molecule has 0 saturated carbocycles. The lowest BCUT2D eigenvalue weighted by Crippen LogP contribution is -2.37. The molecule has 0 atom stereocenters. The number of anilines is 1. The first-order chi connectivity index (χ1) is 16.2. The van der Waals surface area contributed by atoms with Gasteiger partial charge in [0.25, 0.3) is 5.91 Å². The van der Waals surface area contributed by atoms with E-state index in [0.29, 0.717) is 0 Å². The molecular formula is C23H21FN2O7S. The Morgan fingerprint density at radius 2 is 1.68 bits per heavy atom. The number of sulfone groups is 1. The molecule has 0 unspecified atom stereocenters. The highest BCUT2D eigenvalue weighted by atomic mass is 32.2. The summed E-state index contributed by atoms with van der Waals surface area (Å²) in [7, 11) is -3.76. The molecule has 178 valence electrons. The Labute approximate surface area is 194 Å². The number of carbonyl (C=O) groups is 3. The summed E-state index contributed by atoms with van der Waals surface area (Å²) in [6.45, 7) is -0.848. The molecule has 0 saturated heterocycles. The maximum atomic E-state index is 13.2. The van der Waals surface area contributed by atoms with Crippen molar-refractivity contribution in [2.24, 2.45) is 5.73 Å². The molecule has 0 aliphatic rings. The van der Waals surface area contributed by atoms with Gasteiger partial charge in [-0.3, -0.25) is 9.59 Å². The van der Waals surface area contributed by atoms with Crippen molar-refractivity contribution in [1.29, 1.82) is 0 Å². The van der Waals surface area contributed by atoms with E-state index in [1.807, 2.05) is 0 Å². The number of amides is 2. The van der Waals surface area contributed by atoms with Crippen molar-refractivity contribution in [3.8, 4) is 0 Å². The fraction of sp³-hybridized carbons (Fsp3) is 0.174. The van der Waals surface area contributed by atoms with E-state index in [1.54, 1.807) is 18.2 Å². The molecular weight excluding hydrogens is 467 g/mol. The summed E-state index contributed by atoms with van der Waals surface area (Å²) in [5.74, 6) is -3.77. The third-order valence-electron chi connectivity index (χ3n) is 4.73. The summed E-state index contributed by atoms with van der Waals surface area (Å²) in [4.78, 5) is 37.6. The van der Waals surface area contributed by atoms with Gasteiger partial charge in [0.05, 0.1) is 16.9 Å². The number of furan rings is 1. The molecule has 0 aliphatic carbocycles. The Hall–Kier alpha value is -3.99. The van der Waals surface area contributed by atoms with Crippen molar-refractivity contribution in [2.75, 3.05) is 18.1 Å². The van der Waals surface area contributed by atoms with Gasteiger partial charge in [0, 0.05) is 24.2 Å². The monoisotopic (exact) mass is 488 g/mol. The van der Waals surface area contributed by atoms with Crippen molar-refractivity contribution < 1.29 is 36.3 Å². The smallest absolute Gasteiger partial charge is 0.375 e. The lowest BCUT2D eigenvalue weighted by Gasteiger charge is -2.22. The van der Waals surface area contributed by atoms with Crippen LogP contribution in [-0.2, 0) is 29.9 Å². The van der Waals surface area contributed by atoms with Crippen molar-refractivity contribution >= 4 is 33.3 Å². The molecule has 11 heteroatoms. The van der Waals surface area contributed by atoms with Gasteiger partial charge in [-0.15, -0.1) is 0 Å². The van der Waals surface area contributed by atoms with Gasteiger partial charge >= 0.3 is 5.97 Å². The Bertz CT molecular complexity index is 1270. The highest BCUT2D eigenvalue weighted by Crippen LogP contribution is 2.21. The number of benzene rings is 2. The summed E-state index contributed by atoms with van der Waals surface area (Å²) >= 11 is 0. The fourth-order valence-corrected chi connectivity index (χ4v) is 4.43. The normalized spacial score (nSPS) is 11.1. The van der Waals surface area contributed by atoms with Gasteiger partial charge in [-0.1, -0.05) is 18.2 Å². The summed E-state index contributed by atoms with van der Waals surface area (Å²) in [5.41, 5.74) is 5.50. The summed E-state index contributed by atoms with van der Waals surface area (Å²) < 4.78 is 48.6. The molecule has 0 aliphatic heterocycles. The number of hydrogen-bond donors (Lipinski definition) is 1. The average Bonchev–Trinajstić information content (AvgIpc) is 3.26. The third kappa shape index (κ3) is 6.29. The summed E-state index contributed by atoms with van der Waals surface area (Å²) in [6, 6.07) is 13.9. The molecule has 0 bridgehead atoms. The van der Waals surface area contributed by atoms with Crippen molar-refractivity contribution in [3.05, 3.63) is 84.1 Å². The van der Waals surface area contributed by atoms with Crippen LogP contribution in [0.5, 0.6) is 0 Å². The number of carbonyl (C=O) groups excluding carboxylic acids is 3. The third-order valence-corrected chi connectivity index (χ3v) is 6.41. The first-order valence-electron chi connectivity index (χ1n) is 10.0. The van der Waals surface area contributed by atoms with E-state index >= 15 is 0 Å². The van der Waals surface area contributed by atoms with Gasteiger partial charge in [-0.25, -0.2) is 17.6 Å². The fourth-order valence-electron chi connectivity index (χ4n) is 3.06. The number of ether oxygens (including phenoxy) is 1. The minimum absolute atomic E-state index is 0.0745. The van der Waals surface area contributed by atoms with E-state index in [2.05, 4.69) is 0 Å². The molecule has 3 rings (SSSR count). The number of nitrogens with two attached hydrogens (primary N) is 1. The van der Waals surface area contributed by atoms with Crippen LogP contribution in [0.1, 0.15) is 22.5 Å². The topological polar surface area (TPSA) is 137 Å². The highest BCUT2D eigenvalue weighted by molar-refractivity contribution is 7.90. The van der Waals surface area contributed by atoms with Crippen LogP contribution >= 0.6 is 0 Å². The number of hydrogen-bond acceptors (Lipinski definition) is 7. The number of halogens is 1.